The normalized spacial score (nSPS) is 11.9. The van der Waals surface area contributed by atoms with Crippen LogP contribution in [-0.2, 0) is 11.3 Å². The van der Waals surface area contributed by atoms with E-state index in [1.54, 1.807) is 13.0 Å². The number of hydrogen-bond donors (Lipinski definition) is 2. The van der Waals surface area contributed by atoms with E-state index in [0.717, 1.165) is 12.1 Å². The Morgan fingerprint density at radius 2 is 2.17 bits per heavy atom. The summed E-state index contributed by atoms with van der Waals surface area (Å²) in [7, 11) is 0. The molecule has 0 bridgehead atoms. The van der Waals surface area contributed by atoms with E-state index >= 15 is 0 Å². The van der Waals surface area contributed by atoms with Crippen LogP contribution in [0.5, 0.6) is 0 Å². The Morgan fingerprint density at radius 1 is 1.44 bits per heavy atom. The second-order valence-electron chi connectivity index (χ2n) is 3.88. The molecule has 1 aromatic carbocycles. The largest absolute Gasteiger partial charge is 0.351 e. The Kier molecular flexibility index (Phi) is 5.45. The lowest BCUT2D eigenvalue weighted by molar-refractivity contribution is -0.122. The SMILES string of the molecule is C=CCNC(=O)C(C)NCc1ccc(F)c(F)c1. The van der Waals surface area contributed by atoms with Crippen molar-refractivity contribution in [1.29, 1.82) is 0 Å². The van der Waals surface area contributed by atoms with Gasteiger partial charge in [0, 0.05) is 13.1 Å². The van der Waals surface area contributed by atoms with E-state index < -0.39 is 17.7 Å². The number of carbonyl (C=O) groups is 1. The summed E-state index contributed by atoms with van der Waals surface area (Å²) in [6.45, 7) is 5.87. The molecule has 0 radical (unpaired) electrons. The molecule has 1 rings (SSSR count). The smallest absolute Gasteiger partial charge is 0.237 e. The van der Waals surface area contributed by atoms with Gasteiger partial charge in [-0.1, -0.05) is 12.1 Å². The summed E-state index contributed by atoms with van der Waals surface area (Å²) in [5, 5.41) is 5.55. The lowest BCUT2D eigenvalue weighted by atomic mass is 10.2. The van der Waals surface area contributed by atoms with Crippen molar-refractivity contribution in [2.45, 2.75) is 19.5 Å². The molecule has 18 heavy (non-hydrogen) atoms. The molecule has 0 saturated carbocycles. The van der Waals surface area contributed by atoms with Crippen molar-refractivity contribution in [2.75, 3.05) is 6.54 Å². The molecule has 0 saturated heterocycles. The number of amides is 1. The molecule has 1 aromatic rings. The van der Waals surface area contributed by atoms with E-state index in [-0.39, 0.29) is 5.91 Å². The summed E-state index contributed by atoms with van der Waals surface area (Å²) in [5.74, 6) is -1.94. The molecule has 1 amide bonds. The average Bonchev–Trinajstić information content (AvgIpc) is 2.36. The first-order valence-corrected chi connectivity index (χ1v) is 5.60. The van der Waals surface area contributed by atoms with E-state index in [9.17, 15) is 13.6 Å². The second kappa shape index (κ2) is 6.86. The first-order valence-electron chi connectivity index (χ1n) is 5.60. The van der Waals surface area contributed by atoms with Crippen molar-refractivity contribution < 1.29 is 13.6 Å². The lowest BCUT2D eigenvalue weighted by Crippen LogP contribution is -2.41. The molecule has 0 aromatic heterocycles. The highest BCUT2D eigenvalue weighted by atomic mass is 19.2. The molecule has 3 nitrogen and oxygen atoms in total. The van der Waals surface area contributed by atoms with Gasteiger partial charge in [-0.2, -0.15) is 0 Å². The average molecular weight is 254 g/mol. The van der Waals surface area contributed by atoms with Gasteiger partial charge in [0.15, 0.2) is 11.6 Å². The molecule has 1 unspecified atom stereocenters. The third-order valence-corrected chi connectivity index (χ3v) is 2.41. The number of nitrogens with one attached hydrogen (secondary N) is 2. The first kappa shape index (κ1) is 14.3. The van der Waals surface area contributed by atoms with Crippen molar-refractivity contribution in [3.05, 3.63) is 48.1 Å². The van der Waals surface area contributed by atoms with Gasteiger partial charge in [0.05, 0.1) is 6.04 Å². The molecule has 1 atom stereocenters. The third-order valence-electron chi connectivity index (χ3n) is 2.41. The van der Waals surface area contributed by atoms with Crippen LogP contribution < -0.4 is 10.6 Å². The van der Waals surface area contributed by atoms with E-state index in [1.807, 2.05) is 0 Å². The van der Waals surface area contributed by atoms with E-state index in [0.29, 0.717) is 18.7 Å². The van der Waals surface area contributed by atoms with Gasteiger partial charge in [0.1, 0.15) is 0 Å². The van der Waals surface area contributed by atoms with E-state index in [1.165, 1.54) is 6.07 Å². The van der Waals surface area contributed by atoms with E-state index in [4.69, 9.17) is 0 Å². The molecule has 2 N–H and O–H groups in total. The Morgan fingerprint density at radius 3 is 2.78 bits per heavy atom. The minimum absolute atomic E-state index is 0.169. The lowest BCUT2D eigenvalue weighted by Gasteiger charge is -2.13. The minimum atomic E-state index is -0.891. The van der Waals surface area contributed by atoms with Gasteiger partial charge < -0.3 is 10.6 Å². The summed E-state index contributed by atoms with van der Waals surface area (Å²) in [4.78, 5) is 11.5. The van der Waals surface area contributed by atoms with Crippen molar-refractivity contribution in [2.24, 2.45) is 0 Å². The van der Waals surface area contributed by atoms with E-state index in [2.05, 4.69) is 17.2 Å². The van der Waals surface area contributed by atoms with Crippen LogP contribution >= 0.6 is 0 Å². The van der Waals surface area contributed by atoms with Gasteiger partial charge in [0.25, 0.3) is 0 Å². The number of benzene rings is 1. The highest BCUT2D eigenvalue weighted by Gasteiger charge is 2.11. The van der Waals surface area contributed by atoms with Gasteiger partial charge in [-0.05, 0) is 24.6 Å². The monoisotopic (exact) mass is 254 g/mol. The van der Waals surface area contributed by atoms with Crippen LogP contribution in [0.15, 0.2) is 30.9 Å². The minimum Gasteiger partial charge on any atom is -0.351 e. The number of halogens is 2. The van der Waals surface area contributed by atoms with Crippen molar-refractivity contribution in [3.8, 4) is 0 Å². The maximum absolute atomic E-state index is 12.9. The second-order valence-corrected chi connectivity index (χ2v) is 3.88. The molecule has 0 fully saturated rings. The summed E-state index contributed by atoms with van der Waals surface area (Å²) in [5.41, 5.74) is 0.581. The fraction of sp³-hybridized carbons (Fsp3) is 0.308. The van der Waals surface area contributed by atoms with Crippen molar-refractivity contribution in [3.63, 3.8) is 0 Å². The molecule has 5 heteroatoms. The molecule has 0 spiro atoms. The zero-order valence-electron chi connectivity index (χ0n) is 10.2. The molecule has 0 aliphatic heterocycles. The topological polar surface area (TPSA) is 41.1 Å². The standard InChI is InChI=1S/C13H16F2N2O/c1-3-6-16-13(18)9(2)17-8-10-4-5-11(14)12(15)7-10/h3-5,7,9,17H,1,6,8H2,2H3,(H,16,18). The maximum Gasteiger partial charge on any atom is 0.237 e. The summed E-state index contributed by atoms with van der Waals surface area (Å²) in [6.07, 6.45) is 1.58. The molecule has 0 aliphatic carbocycles. The summed E-state index contributed by atoms with van der Waals surface area (Å²) in [6, 6.07) is 3.23. The predicted octanol–water partition coefficient (Wildman–Crippen LogP) is 1.75. The molecule has 0 aliphatic rings. The Balaban J connectivity index is 2.46. The maximum atomic E-state index is 12.9. The third kappa shape index (κ3) is 4.25. The van der Waals surface area contributed by atoms with Crippen molar-refractivity contribution >= 4 is 5.91 Å². The molecular formula is C13H16F2N2O. The van der Waals surface area contributed by atoms with Gasteiger partial charge in [-0.25, -0.2) is 8.78 Å². The van der Waals surface area contributed by atoms with Crippen LogP contribution in [0.4, 0.5) is 8.78 Å². The van der Waals surface area contributed by atoms with Crippen LogP contribution in [0.3, 0.4) is 0 Å². The number of rotatable bonds is 6. The summed E-state index contributed by atoms with van der Waals surface area (Å²) >= 11 is 0. The van der Waals surface area contributed by atoms with Crippen LogP contribution in [0, 0.1) is 11.6 Å². The Hall–Kier alpha value is -1.75. The highest BCUT2D eigenvalue weighted by molar-refractivity contribution is 5.81. The Bertz CT molecular complexity index is 435. The quantitative estimate of drug-likeness (QED) is 0.759. The first-order chi connectivity index (χ1) is 8.54. The fourth-order valence-corrected chi connectivity index (χ4v) is 1.34. The summed E-state index contributed by atoms with van der Waals surface area (Å²) < 4.78 is 25.6. The van der Waals surface area contributed by atoms with Gasteiger partial charge >= 0.3 is 0 Å². The highest BCUT2D eigenvalue weighted by Crippen LogP contribution is 2.08. The van der Waals surface area contributed by atoms with Gasteiger partial charge in [0.2, 0.25) is 5.91 Å². The van der Waals surface area contributed by atoms with Crippen LogP contribution in [-0.4, -0.2) is 18.5 Å². The van der Waals surface area contributed by atoms with Gasteiger partial charge in [-0.3, -0.25) is 4.79 Å². The molecule has 98 valence electrons. The zero-order chi connectivity index (χ0) is 13.5. The zero-order valence-corrected chi connectivity index (χ0v) is 10.2. The number of carbonyl (C=O) groups excluding carboxylic acids is 1. The number of hydrogen-bond acceptors (Lipinski definition) is 2. The predicted molar refractivity (Wildman–Crippen MR) is 65.9 cm³/mol. The van der Waals surface area contributed by atoms with Crippen LogP contribution in [0.25, 0.3) is 0 Å². The Labute approximate surface area is 105 Å². The van der Waals surface area contributed by atoms with Crippen LogP contribution in [0.1, 0.15) is 12.5 Å². The molecule has 0 heterocycles. The van der Waals surface area contributed by atoms with Gasteiger partial charge in [-0.15, -0.1) is 6.58 Å². The molecular weight excluding hydrogens is 238 g/mol. The van der Waals surface area contributed by atoms with Crippen LogP contribution in [0.2, 0.25) is 0 Å². The fourth-order valence-electron chi connectivity index (χ4n) is 1.34. The van der Waals surface area contributed by atoms with Crippen molar-refractivity contribution in [1.82, 2.24) is 10.6 Å².